The van der Waals surface area contributed by atoms with Crippen molar-refractivity contribution in [3.8, 4) is 0 Å². The van der Waals surface area contributed by atoms with Gasteiger partial charge in [-0.3, -0.25) is 9.59 Å². The maximum atomic E-state index is 12.6. The summed E-state index contributed by atoms with van der Waals surface area (Å²) in [6, 6.07) is 5.64. The highest BCUT2D eigenvalue weighted by molar-refractivity contribution is 9.10. The number of carboxylic acid groups (broad SMARTS) is 1. The van der Waals surface area contributed by atoms with Gasteiger partial charge in [0.2, 0.25) is 0 Å². The number of nitrogens with zero attached hydrogens (tertiary/aromatic N) is 1. The van der Waals surface area contributed by atoms with E-state index in [1.54, 1.807) is 11.0 Å². The Hall–Kier alpha value is -1.36. The molecule has 2 unspecified atom stereocenters. The zero-order valence-corrected chi connectivity index (χ0v) is 13.2. The Labute approximate surface area is 126 Å². The standard InChI is InChI=1S/C15H18BrNO3/c1-9-5-12(7-13(16)6-9)14(18)17-8-11(15(19)20)4-3-10(17)2/h5-7,10-11H,3-4,8H2,1-2H3,(H,19,20). The third kappa shape index (κ3) is 3.20. The number of carboxylic acids is 1. The molecule has 1 heterocycles. The Kier molecular flexibility index (Phi) is 4.48. The van der Waals surface area contributed by atoms with Crippen LogP contribution in [0.1, 0.15) is 35.7 Å². The van der Waals surface area contributed by atoms with Crippen LogP contribution in [0.15, 0.2) is 22.7 Å². The Bertz CT molecular complexity index is 524. The van der Waals surface area contributed by atoms with Crippen LogP contribution in [0.2, 0.25) is 0 Å². The Morgan fingerprint density at radius 3 is 2.60 bits per heavy atom. The van der Waals surface area contributed by atoms with Crippen molar-refractivity contribution in [3.05, 3.63) is 33.8 Å². The van der Waals surface area contributed by atoms with E-state index in [4.69, 9.17) is 5.11 Å². The second kappa shape index (κ2) is 5.95. The minimum atomic E-state index is -0.819. The molecule has 1 aromatic carbocycles. The molecule has 1 aliphatic rings. The fraction of sp³-hybridized carbons (Fsp3) is 0.467. The predicted octanol–water partition coefficient (Wildman–Crippen LogP) is 3.08. The fourth-order valence-corrected chi connectivity index (χ4v) is 3.22. The third-order valence-corrected chi connectivity index (χ3v) is 4.24. The van der Waals surface area contributed by atoms with Gasteiger partial charge in [0.25, 0.3) is 5.91 Å². The van der Waals surface area contributed by atoms with Gasteiger partial charge in [-0.1, -0.05) is 15.9 Å². The number of hydrogen-bond acceptors (Lipinski definition) is 2. The summed E-state index contributed by atoms with van der Waals surface area (Å²) in [6.07, 6.45) is 1.37. The van der Waals surface area contributed by atoms with Crippen LogP contribution < -0.4 is 0 Å². The van der Waals surface area contributed by atoms with E-state index in [9.17, 15) is 9.59 Å². The summed E-state index contributed by atoms with van der Waals surface area (Å²) in [5, 5.41) is 9.14. The smallest absolute Gasteiger partial charge is 0.308 e. The van der Waals surface area contributed by atoms with E-state index in [0.29, 0.717) is 18.5 Å². The number of piperidine rings is 1. The molecule has 5 heteroatoms. The van der Waals surface area contributed by atoms with Crippen LogP contribution in [0.5, 0.6) is 0 Å². The molecule has 1 saturated heterocycles. The first-order valence-corrected chi connectivity index (χ1v) is 7.48. The van der Waals surface area contributed by atoms with Crippen molar-refractivity contribution in [2.75, 3.05) is 6.54 Å². The summed E-state index contributed by atoms with van der Waals surface area (Å²) in [7, 11) is 0. The minimum absolute atomic E-state index is 0.0809. The zero-order chi connectivity index (χ0) is 14.9. The lowest BCUT2D eigenvalue weighted by atomic mass is 9.93. The van der Waals surface area contributed by atoms with E-state index >= 15 is 0 Å². The number of carbonyl (C=O) groups is 2. The van der Waals surface area contributed by atoms with Gasteiger partial charge in [-0.2, -0.15) is 0 Å². The molecule has 108 valence electrons. The maximum Gasteiger partial charge on any atom is 0.308 e. The summed E-state index contributed by atoms with van der Waals surface area (Å²) in [4.78, 5) is 25.4. The average Bonchev–Trinajstić information content (AvgIpc) is 2.37. The highest BCUT2D eigenvalue weighted by Crippen LogP contribution is 2.25. The number of amides is 1. The molecule has 2 atom stereocenters. The van der Waals surface area contributed by atoms with Crippen molar-refractivity contribution in [2.45, 2.75) is 32.7 Å². The molecule has 0 spiro atoms. The molecule has 0 aliphatic carbocycles. The number of halogens is 1. The molecule has 0 saturated carbocycles. The molecule has 1 fully saturated rings. The van der Waals surface area contributed by atoms with E-state index < -0.39 is 11.9 Å². The fourth-order valence-electron chi connectivity index (χ4n) is 2.62. The van der Waals surface area contributed by atoms with Crippen molar-refractivity contribution in [2.24, 2.45) is 5.92 Å². The van der Waals surface area contributed by atoms with Gasteiger partial charge in [0.05, 0.1) is 5.92 Å². The number of benzene rings is 1. The SMILES string of the molecule is Cc1cc(Br)cc(C(=O)N2CC(C(=O)O)CCC2C)c1. The molecule has 20 heavy (non-hydrogen) atoms. The highest BCUT2D eigenvalue weighted by atomic mass is 79.9. The van der Waals surface area contributed by atoms with Crippen molar-refractivity contribution in [3.63, 3.8) is 0 Å². The van der Waals surface area contributed by atoms with Crippen molar-refractivity contribution in [1.29, 1.82) is 0 Å². The number of likely N-dealkylation sites (tertiary alicyclic amines) is 1. The van der Waals surface area contributed by atoms with Crippen LogP contribution in [-0.2, 0) is 4.79 Å². The van der Waals surface area contributed by atoms with Crippen molar-refractivity contribution < 1.29 is 14.7 Å². The van der Waals surface area contributed by atoms with Crippen LogP contribution in [0.25, 0.3) is 0 Å². The van der Waals surface area contributed by atoms with Gasteiger partial charge >= 0.3 is 5.97 Å². The van der Waals surface area contributed by atoms with E-state index in [1.807, 2.05) is 26.0 Å². The predicted molar refractivity (Wildman–Crippen MR) is 79.7 cm³/mol. The van der Waals surface area contributed by atoms with Crippen LogP contribution in [0.4, 0.5) is 0 Å². The van der Waals surface area contributed by atoms with Gasteiger partial charge in [-0.05, 0) is 50.5 Å². The van der Waals surface area contributed by atoms with Gasteiger partial charge < -0.3 is 10.0 Å². The van der Waals surface area contributed by atoms with E-state index in [-0.39, 0.29) is 11.9 Å². The highest BCUT2D eigenvalue weighted by Gasteiger charge is 2.33. The van der Waals surface area contributed by atoms with Crippen molar-refractivity contribution in [1.82, 2.24) is 4.90 Å². The number of hydrogen-bond donors (Lipinski definition) is 1. The molecule has 4 nitrogen and oxygen atoms in total. The first-order chi connectivity index (χ1) is 9.38. The van der Waals surface area contributed by atoms with Crippen LogP contribution >= 0.6 is 15.9 Å². The minimum Gasteiger partial charge on any atom is -0.481 e. The first kappa shape index (κ1) is 15.0. The molecule has 1 aliphatic heterocycles. The largest absolute Gasteiger partial charge is 0.481 e. The normalized spacial score (nSPS) is 22.6. The second-order valence-corrected chi connectivity index (χ2v) is 6.35. The van der Waals surface area contributed by atoms with Crippen LogP contribution in [0, 0.1) is 12.8 Å². The number of carbonyl (C=O) groups excluding carboxylic acids is 1. The lowest BCUT2D eigenvalue weighted by molar-refractivity contribution is -0.143. The quantitative estimate of drug-likeness (QED) is 0.900. The molecule has 1 amide bonds. The molecule has 1 N–H and O–H groups in total. The van der Waals surface area contributed by atoms with Crippen molar-refractivity contribution >= 4 is 27.8 Å². The Morgan fingerprint density at radius 1 is 1.30 bits per heavy atom. The summed E-state index contributed by atoms with van der Waals surface area (Å²) in [5.74, 6) is -1.36. The molecular formula is C15H18BrNO3. The van der Waals surface area contributed by atoms with Gasteiger partial charge in [0.1, 0.15) is 0 Å². The average molecular weight is 340 g/mol. The summed E-state index contributed by atoms with van der Waals surface area (Å²) in [5.41, 5.74) is 1.61. The number of aliphatic carboxylic acids is 1. The molecule has 0 aromatic heterocycles. The van der Waals surface area contributed by atoms with E-state index in [1.165, 1.54) is 0 Å². The molecule has 0 radical (unpaired) electrons. The number of aryl methyl sites for hydroxylation is 1. The van der Waals surface area contributed by atoms with Gasteiger partial charge in [0.15, 0.2) is 0 Å². The van der Waals surface area contributed by atoms with Gasteiger partial charge in [-0.15, -0.1) is 0 Å². The van der Waals surface area contributed by atoms with Gasteiger partial charge in [0, 0.05) is 22.6 Å². The zero-order valence-electron chi connectivity index (χ0n) is 11.6. The number of rotatable bonds is 2. The molecule has 2 rings (SSSR count). The topological polar surface area (TPSA) is 57.6 Å². The van der Waals surface area contributed by atoms with Crippen LogP contribution in [0.3, 0.4) is 0 Å². The lowest BCUT2D eigenvalue weighted by Gasteiger charge is -2.36. The molecular weight excluding hydrogens is 322 g/mol. The van der Waals surface area contributed by atoms with Gasteiger partial charge in [-0.25, -0.2) is 0 Å². The lowest BCUT2D eigenvalue weighted by Crippen LogP contribution is -2.47. The summed E-state index contributed by atoms with van der Waals surface area (Å²) in [6.45, 7) is 4.20. The Morgan fingerprint density at radius 2 is 2.00 bits per heavy atom. The van der Waals surface area contributed by atoms with E-state index in [2.05, 4.69) is 15.9 Å². The summed E-state index contributed by atoms with van der Waals surface area (Å²) < 4.78 is 0.861. The first-order valence-electron chi connectivity index (χ1n) is 6.69. The second-order valence-electron chi connectivity index (χ2n) is 5.44. The molecule has 0 bridgehead atoms. The maximum absolute atomic E-state index is 12.6. The third-order valence-electron chi connectivity index (χ3n) is 3.78. The Balaban J connectivity index is 2.24. The summed E-state index contributed by atoms with van der Waals surface area (Å²) >= 11 is 3.39. The van der Waals surface area contributed by atoms with Crippen LogP contribution in [-0.4, -0.2) is 34.5 Å². The monoisotopic (exact) mass is 339 g/mol. The van der Waals surface area contributed by atoms with E-state index in [0.717, 1.165) is 16.5 Å². The molecule has 1 aromatic rings.